The van der Waals surface area contributed by atoms with Gasteiger partial charge in [0.15, 0.2) is 6.10 Å². The van der Waals surface area contributed by atoms with Crippen LogP contribution >= 0.6 is 0 Å². The van der Waals surface area contributed by atoms with Crippen molar-refractivity contribution >= 4 is 11.9 Å². The third kappa shape index (κ3) is 23.6. The molecule has 5 nitrogen and oxygen atoms in total. The first-order valence-corrected chi connectivity index (χ1v) is 13.7. The Morgan fingerprint density at radius 3 is 1.70 bits per heavy atom. The Hall–Kier alpha value is -1.36. The number of rotatable bonds is 24. The first-order valence-electron chi connectivity index (χ1n) is 13.7. The average molecular weight is 469 g/mol. The number of unbranched alkanes of at least 4 members (excludes halogenated alkanes) is 14. The van der Waals surface area contributed by atoms with Crippen LogP contribution in [0.25, 0.3) is 0 Å². The van der Waals surface area contributed by atoms with Crippen LogP contribution in [0.3, 0.4) is 0 Å². The Balaban J connectivity index is 3.62. The van der Waals surface area contributed by atoms with E-state index in [1.54, 1.807) is 0 Å². The highest BCUT2D eigenvalue weighted by Gasteiger charge is 2.16. The lowest BCUT2D eigenvalue weighted by atomic mass is 10.1. The van der Waals surface area contributed by atoms with Gasteiger partial charge in [0.2, 0.25) is 0 Å². The summed E-state index contributed by atoms with van der Waals surface area (Å²) >= 11 is 0. The molecule has 5 heteroatoms. The zero-order chi connectivity index (χ0) is 24.4. The van der Waals surface area contributed by atoms with Crippen LogP contribution in [0.15, 0.2) is 12.2 Å². The molecule has 0 aliphatic carbocycles. The predicted molar refractivity (Wildman–Crippen MR) is 136 cm³/mol. The van der Waals surface area contributed by atoms with E-state index in [1.165, 1.54) is 64.2 Å². The topological polar surface area (TPSA) is 72.8 Å². The van der Waals surface area contributed by atoms with Crippen molar-refractivity contribution in [3.05, 3.63) is 12.2 Å². The zero-order valence-corrected chi connectivity index (χ0v) is 21.7. The first-order chi connectivity index (χ1) is 16.1. The van der Waals surface area contributed by atoms with Gasteiger partial charge in [-0.2, -0.15) is 0 Å². The van der Waals surface area contributed by atoms with E-state index in [9.17, 15) is 14.7 Å². The van der Waals surface area contributed by atoms with Crippen LogP contribution in [0.5, 0.6) is 0 Å². The highest BCUT2D eigenvalue weighted by Crippen LogP contribution is 2.11. The molecule has 0 bridgehead atoms. The van der Waals surface area contributed by atoms with Gasteiger partial charge in [-0.25, -0.2) is 0 Å². The summed E-state index contributed by atoms with van der Waals surface area (Å²) in [6.07, 6.45) is 24.1. The summed E-state index contributed by atoms with van der Waals surface area (Å²) in [7, 11) is 0. The number of hydrogen-bond donors (Lipinski definition) is 1. The number of aliphatic hydroxyl groups is 1. The van der Waals surface area contributed by atoms with Crippen molar-refractivity contribution in [2.45, 2.75) is 142 Å². The molecule has 0 heterocycles. The second-order valence-electron chi connectivity index (χ2n) is 9.12. The van der Waals surface area contributed by atoms with E-state index in [0.717, 1.165) is 44.9 Å². The molecular weight excluding hydrogens is 416 g/mol. The normalized spacial score (nSPS) is 12.2. The highest BCUT2D eigenvalue weighted by molar-refractivity contribution is 5.70. The van der Waals surface area contributed by atoms with E-state index in [2.05, 4.69) is 26.0 Å². The number of hydrogen-bond acceptors (Lipinski definition) is 5. The van der Waals surface area contributed by atoms with E-state index in [0.29, 0.717) is 12.8 Å². The number of esters is 2. The van der Waals surface area contributed by atoms with Crippen molar-refractivity contribution in [3.63, 3.8) is 0 Å². The molecule has 0 aliphatic heterocycles. The SMILES string of the molecule is CCCCC/C=C/CCCCCCCC(=O)OC[C@H](CO)OC(=O)CCCCCCCCC. The molecule has 0 fully saturated rings. The minimum atomic E-state index is -0.763. The molecule has 33 heavy (non-hydrogen) atoms. The molecular formula is C28H52O5. The van der Waals surface area contributed by atoms with E-state index in [4.69, 9.17) is 9.47 Å². The van der Waals surface area contributed by atoms with Crippen molar-refractivity contribution < 1.29 is 24.2 Å². The molecule has 0 aromatic carbocycles. The third-order valence-corrected chi connectivity index (χ3v) is 5.81. The van der Waals surface area contributed by atoms with Gasteiger partial charge in [-0.15, -0.1) is 0 Å². The van der Waals surface area contributed by atoms with Gasteiger partial charge in [0.1, 0.15) is 6.61 Å². The Morgan fingerprint density at radius 2 is 1.12 bits per heavy atom. The van der Waals surface area contributed by atoms with Gasteiger partial charge >= 0.3 is 11.9 Å². The van der Waals surface area contributed by atoms with Crippen LogP contribution in [-0.2, 0) is 19.1 Å². The monoisotopic (exact) mass is 468 g/mol. The van der Waals surface area contributed by atoms with Crippen LogP contribution in [0, 0.1) is 0 Å². The quantitative estimate of drug-likeness (QED) is 0.0905. The van der Waals surface area contributed by atoms with Gasteiger partial charge in [-0.1, -0.05) is 96.6 Å². The standard InChI is InChI=1S/C28H52O5/c1-3-5-7-9-11-12-13-14-15-17-18-20-22-27(30)32-25-26(24-29)33-28(31)23-21-19-16-10-8-6-4-2/h11-12,26,29H,3-10,13-25H2,1-2H3/b12-11+/t26-/m0/s1. The minimum Gasteiger partial charge on any atom is -0.462 e. The molecule has 0 radical (unpaired) electrons. The maximum absolute atomic E-state index is 11.9. The fourth-order valence-electron chi connectivity index (χ4n) is 3.66. The fourth-order valence-corrected chi connectivity index (χ4v) is 3.66. The first kappa shape index (κ1) is 31.6. The van der Waals surface area contributed by atoms with Crippen molar-refractivity contribution in [1.29, 1.82) is 0 Å². The van der Waals surface area contributed by atoms with E-state index < -0.39 is 6.10 Å². The van der Waals surface area contributed by atoms with Crippen LogP contribution in [0.1, 0.15) is 136 Å². The van der Waals surface area contributed by atoms with Gasteiger partial charge in [-0.3, -0.25) is 9.59 Å². The Morgan fingerprint density at radius 1 is 0.667 bits per heavy atom. The lowest BCUT2D eigenvalue weighted by Crippen LogP contribution is -2.28. The van der Waals surface area contributed by atoms with Crippen LogP contribution in [0.4, 0.5) is 0 Å². The van der Waals surface area contributed by atoms with Gasteiger partial charge in [0, 0.05) is 12.8 Å². The number of allylic oxidation sites excluding steroid dienone is 2. The smallest absolute Gasteiger partial charge is 0.306 e. The summed E-state index contributed by atoms with van der Waals surface area (Å²) in [6.45, 7) is 4.03. The van der Waals surface area contributed by atoms with E-state index in [-0.39, 0.29) is 25.2 Å². The number of ether oxygens (including phenoxy) is 2. The molecule has 0 saturated heterocycles. The molecule has 0 amide bonds. The van der Waals surface area contributed by atoms with Crippen molar-refractivity contribution in [2.75, 3.05) is 13.2 Å². The molecule has 0 spiro atoms. The summed E-state index contributed by atoms with van der Waals surface area (Å²) in [5.74, 6) is -0.610. The fraction of sp³-hybridized carbons (Fsp3) is 0.857. The Kier molecular flexibility index (Phi) is 24.2. The van der Waals surface area contributed by atoms with Crippen LogP contribution in [0.2, 0.25) is 0 Å². The summed E-state index contributed by atoms with van der Waals surface area (Å²) in [5, 5.41) is 9.40. The Bertz CT molecular complexity index is 475. The molecule has 0 aliphatic rings. The van der Waals surface area contributed by atoms with Crippen molar-refractivity contribution in [1.82, 2.24) is 0 Å². The van der Waals surface area contributed by atoms with Crippen molar-refractivity contribution in [3.8, 4) is 0 Å². The lowest BCUT2D eigenvalue weighted by Gasteiger charge is -2.15. The van der Waals surface area contributed by atoms with Gasteiger partial charge < -0.3 is 14.6 Å². The van der Waals surface area contributed by atoms with Crippen LogP contribution < -0.4 is 0 Å². The van der Waals surface area contributed by atoms with Gasteiger partial charge in [0.25, 0.3) is 0 Å². The molecule has 1 atom stereocenters. The summed E-state index contributed by atoms with van der Waals surface area (Å²) in [4.78, 5) is 23.8. The van der Waals surface area contributed by atoms with Crippen molar-refractivity contribution in [2.24, 2.45) is 0 Å². The zero-order valence-electron chi connectivity index (χ0n) is 21.7. The number of carbonyl (C=O) groups is 2. The molecule has 0 aromatic heterocycles. The predicted octanol–water partition coefficient (Wildman–Crippen LogP) is 7.44. The third-order valence-electron chi connectivity index (χ3n) is 5.81. The largest absolute Gasteiger partial charge is 0.462 e. The number of carbonyl (C=O) groups excluding carboxylic acids is 2. The van der Waals surface area contributed by atoms with Gasteiger partial charge in [-0.05, 0) is 38.5 Å². The molecule has 0 unspecified atom stereocenters. The maximum Gasteiger partial charge on any atom is 0.306 e. The summed E-state index contributed by atoms with van der Waals surface area (Å²) in [5.41, 5.74) is 0. The molecule has 1 N–H and O–H groups in total. The number of aliphatic hydroxyl groups excluding tert-OH is 1. The average Bonchev–Trinajstić information content (AvgIpc) is 2.81. The Labute approximate surface area is 203 Å². The molecule has 0 saturated carbocycles. The molecule has 0 rings (SSSR count). The molecule has 194 valence electrons. The lowest BCUT2D eigenvalue weighted by molar-refractivity contribution is -0.161. The maximum atomic E-state index is 11.9. The summed E-state index contributed by atoms with van der Waals surface area (Å²) in [6, 6.07) is 0. The summed E-state index contributed by atoms with van der Waals surface area (Å²) < 4.78 is 10.4. The second kappa shape index (κ2) is 25.3. The van der Waals surface area contributed by atoms with E-state index >= 15 is 0 Å². The second-order valence-corrected chi connectivity index (χ2v) is 9.12. The van der Waals surface area contributed by atoms with Crippen LogP contribution in [-0.4, -0.2) is 36.4 Å². The minimum absolute atomic E-state index is 0.0668. The highest BCUT2D eigenvalue weighted by atomic mass is 16.6. The van der Waals surface area contributed by atoms with E-state index in [1.807, 2.05) is 0 Å². The van der Waals surface area contributed by atoms with Gasteiger partial charge in [0.05, 0.1) is 6.61 Å². The molecule has 0 aromatic rings.